The zero-order chi connectivity index (χ0) is 13.5. The number of hydrogen-bond donors (Lipinski definition) is 3. The highest BCUT2D eigenvalue weighted by atomic mass is 32.1. The van der Waals surface area contributed by atoms with Gasteiger partial charge in [-0.3, -0.25) is 4.79 Å². The van der Waals surface area contributed by atoms with E-state index in [4.69, 9.17) is 28.4 Å². The van der Waals surface area contributed by atoms with Crippen LogP contribution in [0.5, 0.6) is 0 Å². The summed E-state index contributed by atoms with van der Waals surface area (Å²) in [4.78, 5) is 10.5. The van der Waals surface area contributed by atoms with Crippen LogP contribution in [0, 0.1) is 5.82 Å². The summed E-state index contributed by atoms with van der Waals surface area (Å²) in [6.45, 7) is 0.582. The van der Waals surface area contributed by atoms with Crippen LogP contribution in [0.1, 0.15) is 5.56 Å². The van der Waals surface area contributed by atoms with Crippen LogP contribution >= 0.6 is 12.2 Å². The van der Waals surface area contributed by atoms with Crippen LogP contribution < -0.4 is 16.8 Å². The van der Waals surface area contributed by atoms with E-state index in [1.54, 1.807) is 0 Å². The molecule has 0 radical (unpaired) electrons. The van der Waals surface area contributed by atoms with Crippen molar-refractivity contribution >= 4 is 28.8 Å². The van der Waals surface area contributed by atoms with Crippen LogP contribution in [0.2, 0.25) is 0 Å². The Kier molecular flexibility index (Phi) is 5.47. The molecule has 0 aliphatic carbocycles. The predicted molar refractivity (Wildman–Crippen MR) is 70.8 cm³/mol. The first kappa shape index (κ1) is 14.3. The number of primary amides is 1. The first-order valence-electron chi connectivity index (χ1n) is 5.20. The predicted octanol–water partition coefficient (Wildman–Crippen LogP) is 0.374. The van der Waals surface area contributed by atoms with Crippen molar-refractivity contribution in [3.8, 4) is 0 Å². The number of anilines is 1. The Morgan fingerprint density at radius 1 is 1.44 bits per heavy atom. The number of rotatable bonds is 7. The van der Waals surface area contributed by atoms with Gasteiger partial charge in [0, 0.05) is 17.8 Å². The summed E-state index contributed by atoms with van der Waals surface area (Å²) in [6, 6.07) is 4.10. The molecular formula is C11H14FN3O2S. The highest BCUT2D eigenvalue weighted by Crippen LogP contribution is 2.16. The number of carbonyl (C=O) groups excluding carboxylic acids is 1. The Balaban J connectivity index is 2.51. The standard InChI is InChI=1S/C11H14FN3O2S/c12-7-1-2-9(8(5-7)11(14)18)15-3-4-17-6-10(13)16/h1-2,5,15H,3-4,6H2,(H2,13,16)(H2,14,18). The Hall–Kier alpha value is -1.73. The Morgan fingerprint density at radius 3 is 2.78 bits per heavy atom. The van der Waals surface area contributed by atoms with Crippen molar-refractivity contribution in [2.24, 2.45) is 11.5 Å². The Morgan fingerprint density at radius 2 is 2.17 bits per heavy atom. The molecule has 0 heterocycles. The van der Waals surface area contributed by atoms with Gasteiger partial charge in [0.15, 0.2) is 0 Å². The second kappa shape index (κ2) is 6.87. The van der Waals surface area contributed by atoms with Crippen molar-refractivity contribution in [1.82, 2.24) is 0 Å². The molecule has 0 bridgehead atoms. The van der Waals surface area contributed by atoms with E-state index in [9.17, 15) is 9.18 Å². The van der Waals surface area contributed by atoms with E-state index in [0.29, 0.717) is 17.8 Å². The molecule has 1 aromatic rings. The smallest absolute Gasteiger partial charge is 0.243 e. The van der Waals surface area contributed by atoms with Gasteiger partial charge in [0.25, 0.3) is 0 Å². The zero-order valence-electron chi connectivity index (χ0n) is 9.61. The fraction of sp³-hybridized carbons (Fsp3) is 0.273. The number of ether oxygens (including phenoxy) is 1. The van der Waals surface area contributed by atoms with E-state index in [1.807, 2.05) is 0 Å². The molecule has 0 saturated heterocycles. The maximum Gasteiger partial charge on any atom is 0.243 e. The third-order valence-corrected chi connectivity index (χ3v) is 2.27. The minimum absolute atomic E-state index is 0.107. The fourth-order valence-electron chi connectivity index (χ4n) is 1.31. The second-order valence-electron chi connectivity index (χ2n) is 3.50. The SMILES string of the molecule is NC(=O)COCCNc1ccc(F)cc1C(N)=S. The van der Waals surface area contributed by atoms with E-state index in [-0.39, 0.29) is 18.2 Å². The van der Waals surface area contributed by atoms with Crippen LogP contribution in [0.3, 0.4) is 0 Å². The number of thiocarbonyl (C=S) groups is 1. The average molecular weight is 271 g/mol. The van der Waals surface area contributed by atoms with Gasteiger partial charge in [-0.2, -0.15) is 0 Å². The maximum absolute atomic E-state index is 13.0. The lowest BCUT2D eigenvalue weighted by atomic mass is 10.1. The molecule has 98 valence electrons. The highest BCUT2D eigenvalue weighted by Gasteiger charge is 2.06. The lowest BCUT2D eigenvalue weighted by Gasteiger charge is -2.11. The van der Waals surface area contributed by atoms with Crippen LogP contribution in [0.4, 0.5) is 10.1 Å². The summed E-state index contributed by atoms with van der Waals surface area (Å²) >= 11 is 4.82. The molecule has 0 aliphatic heterocycles. The van der Waals surface area contributed by atoms with Gasteiger partial charge in [-0.25, -0.2) is 4.39 Å². The van der Waals surface area contributed by atoms with Gasteiger partial charge in [0.2, 0.25) is 5.91 Å². The second-order valence-corrected chi connectivity index (χ2v) is 3.94. The van der Waals surface area contributed by atoms with Gasteiger partial charge in [-0.05, 0) is 18.2 Å². The van der Waals surface area contributed by atoms with E-state index in [2.05, 4.69) is 5.32 Å². The van der Waals surface area contributed by atoms with Gasteiger partial charge < -0.3 is 21.5 Å². The quantitative estimate of drug-likeness (QED) is 0.492. The monoisotopic (exact) mass is 271 g/mol. The number of amides is 1. The minimum atomic E-state index is -0.527. The molecule has 0 saturated carbocycles. The lowest BCUT2D eigenvalue weighted by molar-refractivity contribution is -0.122. The number of nitrogens with one attached hydrogen (secondary N) is 1. The lowest BCUT2D eigenvalue weighted by Crippen LogP contribution is -2.21. The highest BCUT2D eigenvalue weighted by molar-refractivity contribution is 7.80. The number of benzene rings is 1. The van der Waals surface area contributed by atoms with E-state index >= 15 is 0 Å². The third-order valence-electron chi connectivity index (χ3n) is 2.05. The molecule has 0 aliphatic rings. The summed E-state index contributed by atoms with van der Waals surface area (Å²) in [5.74, 6) is -0.936. The summed E-state index contributed by atoms with van der Waals surface area (Å²) < 4.78 is 18.0. The number of carbonyl (C=O) groups is 1. The molecule has 18 heavy (non-hydrogen) atoms. The van der Waals surface area contributed by atoms with Crippen molar-refractivity contribution in [2.45, 2.75) is 0 Å². The number of hydrogen-bond acceptors (Lipinski definition) is 4. The normalized spacial score (nSPS) is 10.1. The number of nitrogens with two attached hydrogens (primary N) is 2. The van der Waals surface area contributed by atoms with Gasteiger partial charge in [-0.1, -0.05) is 12.2 Å². The molecule has 7 heteroatoms. The average Bonchev–Trinajstić information content (AvgIpc) is 2.29. The van der Waals surface area contributed by atoms with Crippen molar-refractivity contribution in [2.75, 3.05) is 25.1 Å². The van der Waals surface area contributed by atoms with Crippen molar-refractivity contribution in [3.05, 3.63) is 29.6 Å². The van der Waals surface area contributed by atoms with Gasteiger partial charge in [-0.15, -0.1) is 0 Å². The molecule has 1 rings (SSSR count). The summed E-state index contributed by atoms with van der Waals surface area (Å²) in [5.41, 5.74) is 11.4. The summed E-state index contributed by atoms with van der Waals surface area (Å²) in [5, 5.41) is 2.98. The van der Waals surface area contributed by atoms with Gasteiger partial charge in [0.1, 0.15) is 17.4 Å². The fourth-order valence-corrected chi connectivity index (χ4v) is 1.47. The molecule has 5 nitrogen and oxygen atoms in total. The Bertz CT molecular complexity index is 454. The molecule has 0 fully saturated rings. The summed E-state index contributed by atoms with van der Waals surface area (Å²) in [7, 11) is 0. The van der Waals surface area contributed by atoms with E-state index < -0.39 is 11.7 Å². The van der Waals surface area contributed by atoms with Crippen LogP contribution in [-0.2, 0) is 9.53 Å². The van der Waals surface area contributed by atoms with E-state index in [0.717, 1.165) is 0 Å². The van der Waals surface area contributed by atoms with E-state index in [1.165, 1.54) is 18.2 Å². The third kappa shape index (κ3) is 4.64. The molecule has 5 N–H and O–H groups in total. The minimum Gasteiger partial charge on any atom is -0.389 e. The number of halogens is 1. The molecule has 0 spiro atoms. The van der Waals surface area contributed by atoms with Gasteiger partial charge in [0.05, 0.1) is 6.61 Å². The largest absolute Gasteiger partial charge is 0.389 e. The first-order chi connectivity index (χ1) is 8.50. The van der Waals surface area contributed by atoms with Crippen molar-refractivity contribution < 1.29 is 13.9 Å². The molecule has 1 aromatic carbocycles. The maximum atomic E-state index is 13.0. The van der Waals surface area contributed by atoms with Crippen LogP contribution in [-0.4, -0.2) is 30.7 Å². The molecule has 0 atom stereocenters. The molecular weight excluding hydrogens is 257 g/mol. The van der Waals surface area contributed by atoms with Crippen molar-refractivity contribution in [1.29, 1.82) is 0 Å². The molecule has 1 amide bonds. The first-order valence-corrected chi connectivity index (χ1v) is 5.61. The van der Waals surface area contributed by atoms with Crippen LogP contribution in [0.15, 0.2) is 18.2 Å². The Labute approximate surface area is 109 Å². The van der Waals surface area contributed by atoms with Gasteiger partial charge >= 0.3 is 0 Å². The van der Waals surface area contributed by atoms with Crippen LogP contribution in [0.25, 0.3) is 0 Å². The summed E-state index contributed by atoms with van der Waals surface area (Å²) in [6.07, 6.45) is 0. The molecule has 0 aromatic heterocycles. The zero-order valence-corrected chi connectivity index (χ0v) is 10.4. The molecule has 0 unspecified atom stereocenters. The van der Waals surface area contributed by atoms with Crippen molar-refractivity contribution in [3.63, 3.8) is 0 Å². The topological polar surface area (TPSA) is 90.4 Å².